The van der Waals surface area contributed by atoms with Gasteiger partial charge in [0.15, 0.2) is 0 Å². The lowest BCUT2D eigenvalue weighted by Crippen LogP contribution is -2.10. The number of nitrogens with zero attached hydrogens (tertiary/aromatic N) is 4. The summed E-state index contributed by atoms with van der Waals surface area (Å²) in [5, 5.41) is 4.36. The Morgan fingerprint density at radius 2 is 0.833 bits per heavy atom. The Kier molecular flexibility index (Phi) is 4.45. The minimum atomic E-state index is -3.37. The molecule has 0 aliphatic heterocycles. The highest BCUT2D eigenvalue weighted by Gasteiger charge is 2.34. The molecule has 0 bridgehead atoms. The zero-order valence-corrected chi connectivity index (χ0v) is 34.0. The van der Waals surface area contributed by atoms with Crippen molar-refractivity contribution in [2.45, 2.75) is 103 Å². The summed E-state index contributed by atoms with van der Waals surface area (Å²) in [5.41, 5.74) is 5.07. The second kappa shape index (κ2) is 11.8. The van der Waals surface area contributed by atoms with Crippen molar-refractivity contribution in [3.63, 3.8) is 0 Å². The fraction of sp³-hybridized carbons (Fsp3) is 0.286. The first kappa shape index (κ1) is 22.6. The Morgan fingerprint density at radius 1 is 0.467 bits per heavy atom. The maximum atomic E-state index is 9.57. The first-order chi connectivity index (χ1) is 35.1. The van der Waals surface area contributed by atoms with E-state index in [1.807, 2.05) is 123 Å². The summed E-state index contributed by atoms with van der Waals surface area (Å²) in [6.07, 6.45) is -22.8. The SMILES string of the molecule is [2H]C1([2H])c2ncc3c(c2C([2H])([2H])C([2H])([2H])C1([2H])[2H])c1cc(C(C)(C)C)cc2c4c(-c5ccccc5)c5c(c(-c6ccccc6)c4n3c12)c1cc(C(C)(C)C)cc2c3c4c(ncc3n5c21)C([2H])([2H])C([2H])([2H])C([2H])([2H])C4([2H])[2H]. The molecule has 0 atom stereocenters. The molecule has 6 heterocycles. The van der Waals surface area contributed by atoms with Crippen molar-refractivity contribution in [2.24, 2.45) is 0 Å². The summed E-state index contributed by atoms with van der Waals surface area (Å²) in [6.45, 7) is 12.3. The van der Waals surface area contributed by atoms with Crippen LogP contribution in [0, 0.1) is 0 Å². The molecule has 5 aromatic carbocycles. The van der Waals surface area contributed by atoms with Crippen molar-refractivity contribution >= 4 is 76.2 Å². The van der Waals surface area contributed by atoms with Gasteiger partial charge in [0.05, 0.1) is 45.5 Å². The van der Waals surface area contributed by atoms with Gasteiger partial charge >= 0.3 is 0 Å². The number of aryl methyl sites for hydroxylation is 4. The van der Waals surface area contributed by atoms with Crippen LogP contribution in [0.25, 0.3) is 98.4 Å². The topological polar surface area (TPSA) is 34.6 Å². The standard InChI is InChI=1S/C56H50N4/c1-55(2,3)33-25-37-47-35-21-13-15-23-41(35)57-29-43(47)59-51(37)39(27-33)49-45(31-17-9-7-10-18-31)54-50(46(53(49)59)32-19-11-8-12-20-32)40-28-34(56(4,5)6)26-38-48-36-22-14-16-24-42(36)58-30-44(48)60(54)52(38)40/h7-12,17-20,25-30H,13-16,21-24H2,1-6H3/i13D2,14D2,15D2,16D2,21D2,22D2,23D2,24D2. The van der Waals surface area contributed by atoms with Crippen molar-refractivity contribution in [1.82, 2.24) is 18.8 Å². The first-order valence-corrected chi connectivity index (χ1v) is 20.5. The van der Waals surface area contributed by atoms with Gasteiger partial charge in [-0.25, -0.2) is 0 Å². The van der Waals surface area contributed by atoms with Crippen LogP contribution >= 0.6 is 0 Å². The molecule has 0 radical (unpaired) electrons. The van der Waals surface area contributed by atoms with Crippen LogP contribution in [0.2, 0.25) is 0 Å². The highest BCUT2D eigenvalue weighted by atomic mass is 15.0. The third kappa shape index (κ3) is 4.47. The van der Waals surface area contributed by atoms with Crippen LogP contribution in [-0.4, -0.2) is 18.8 Å². The summed E-state index contributed by atoms with van der Waals surface area (Å²) < 4.78 is 151. The Hall–Kier alpha value is -6.00. The molecule has 0 saturated carbocycles. The summed E-state index contributed by atoms with van der Waals surface area (Å²) >= 11 is 0. The normalized spacial score (nSPS) is 26.0. The Morgan fingerprint density at radius 3 is 1.22 bits per heavy atom. The number of fused-ring (bicyclic) bond motifs is 16. The van der Waals surface area contributed by atoms with E-state index in [-0.39, 0.29) is 21.9 Å². The third-order valence-electron chi connectivity index (χ3n) is 13.0. The van der Waals surface area contributed by atoms with E-state index in [0.717, 1.165) is 44.2 Å². The van der Waals surface area contributed by atoms with E-state index in [1.165, 1.54) is 12.4 Å². The summed E-state index contributed by atoms with van der Waals surface area (Å²) in [4.78, 5) is 9.25. The van der Waals surface area contributed by atoms with E-state index < -0.39 is 73.2 Å². The minimum absolute atomic E-state index is 0.218. The molecule has 11 aromatic rings. The number of aromatic nitrogens is 4. The van der Waals surface area contributed by atoms with Crippen LogP contribution < -0.4 is 0 Å². The third-order valence-corrected chi connectivity index (χ3v) is 13.0. The first-order valence-electron chi connectivity index (χ1n) is 28.5. The zero-order valence-electron chi connectivity index (χ0n) is 50.0. The second-order valence-corrected chi connectivity index (χ2v) is 18.4. The molecular weight excluding hydrogens is 729 g/mol. The van der Waals surface area contributed by atoms with Crippen LogP contribution in [0.3, 0.4) is 0 Å². The van der Waals surface area contributed by atoms with E-state index in [9.17, 15) is 11.0 Å². The van der Waals surface area contributed by atoms with E-state index in [0.29, 0.717) is 54.6 Å². The predicted molar refractivity (Wildman–Crippen MR) is 253 cm³/mol. The van der Waals surface area contributed by atoms with Crippen LogP contribution in [0.4, 0.5) is 0 Å². The van der Waals surface area contributed by atoms with Crippen LogP contribution in [-0.2, 0) is 36.3 Å². The number of rotatable bonds is 2. The molecule has 60 heavy (non-hydrogen) atoms. The van der Waals surface area contributed by atoms with Gasteiger partial charge in [-0.2, -0.15) is 0 Å². The summed E-state index contributed by atoms with van der Waals surface area (Å²) in [7, 11) is 0. The smallest absolute Gasteiger partial charge is 0.0728 e. The van der Waals surface area contributed by atoms with Crippen molar-refractivity contribution in [1.29, 1.82) is 0 Å². The van der Waals surface area contributed by atoms with Crippen LogP contribution in [0.15, 0.2) is 97.3 Å². The molecule has 2 aliphatic carbocycles. The largest absolute Gasteiger partial charge is 0.306 e. The maximum absolute atomic E-state index is 9.57. The molecule has 294 valence electrons. The monoisotopic (exact) mass is 795 g/mol. The predicted octanol–water partition coefficient (Wildman–Crippen LogP) is 14.5. The zero-order chi connectivity index (χ0) is 54.7. The average Bonchev–Trinajstić information content (AvgIpc) is 4.11. The Bertz CT molecular complexity index is 4090. The molecule has 4 heteroatoms. The number of hydrogen-bond donors (Lipinski definition) is 0. The van der Waals surface area contributed by atoms with E-state index in [1.54, 1.807) is 0 Å². The molecule has 4 nitrogen and oxygen atoms in total. The van der Waals surface area contributed by atoms with Crippen LogP contribution in [0.1, 0.15) is 123 Å². The van der Waals surface area contributed by atoms with Crippen molar-refractivity contribution in [3.05, 3.63) is 131 Å². The minimum Gasteiger partial charge on any atom is -0.306 e. The molecule has 2 aliphatic rings. The number of hydrogen-bond acceptors (Lipinski definition) is 2. The van der Waals surface area contributed by atoms with Crippen molar-refractivity contribution < 1.29 is 21.9 Å². The fourth-order valence-corrected chi connectivity index (χ4v) is 10.2. The fourth-order valence-electron chi connectivity index (χ4n) is 10.2. The quantitative estimate of drug-likeness (QED) is 0.175. The van der Waals surface area contributed by atoms with E-state index >= 15 is 0 Å². The lowest BCUT2D eigenvalue weighted by molar-refractivity contribution is 0.591. The van der Waals surface area contributed by atoms with Gasteiger partial charge in [0, 0.05) is 87.5 Å². The van der Waals surface area contributed by atoms with Gasteiger partial charge < -0.3 is 8.80 Å². The molecule has 0 amide bonds. The van der Waals surface area contributed by atoms with Gasteiger partial charge in [-0.3, -0.25) is 9.97 Å². The lowest BCUT2D eigenvalue weighted by Gasteiger charge is -2.21. The van der Waals surface area contributed by atoms with Gasteiger partial charge in [-0.05, 0) is 119 Å². The molecule has 6 aromatic heterocycles. The van der Waals surface area contributed by atoms with Gasteiger partial charge in [-0.1, -0.05) is 102 Å². The second-order valence-electron chi connectivity index (χ2n) is 18.4. The van der Waals surface area contributed by atoms with Crippen LogP contribution in [0.5, 0.6) is 0 Å². The highest BCUT2D eigenvalue weighted by Crippen LogP contribution is 2.55. The van der Waals surface area contributed by atoms with Gasteiger partial charge in [0.1, 0.15) is 0 Å². The Balaban J connectivity index is 1.38. The number of benzene rings is 5. The van der Waals surface area contributed by atoms with E-state index in [4.69, 9.17) is 11.0 Å². The Labute approximate surface area is 373 Å². The van der Waals surface area contributed by atoms with Gasteiger partial charge in [0.25, 0.3) is 0 Å². The molecule has 0 saturated heterocycles. The molecular formula is C56H50N4. The van der Waals surface area contributed by atoms with Gasteiger partial charge in [-0.15, -0.1) is 0 Å². The van der Waals surface area contributed by atoms with Crippen molar-refractivity contribution in [2.75, 3.05) is 0 Å². The maximum Gasteiger partial charge on any atom is 0.0728 e. The molecule has 13 rings (SSSR count). The highest BCUT2D eigenvalue weighted by molar-refractivity contribution is 6.38. The van der Waals surface area contributed by atoms with E-state index in [2.05, 4.69) is 22.1 Å². The lowest BCUT2D eigenvalue weighted by atomic mass is 9.83. The molecule has 0 spiro atoms. The molecule has 0 N–H and O–H groups in total. The summed E-state index contributed by atoms with van der Waals surface area (Å²) in [6, 6.07) is 27.6. The van der Waals surface area contributed by atoms with Gasteiger partial charge in [0.2, 0.25) is 0 Å². The summed E-state index contributed by atoms with van der Waals surface area (Å²) in [5.74, 6) is 0. The molecule has 0 fully saturated rings. The average molecular weight is 795 g/mol. The van der Waals surface area contributed by atoms with Crippen molar-refractivity contribution in [3.8, 4) is 22.3 Å². The number of pyridine rings is 2. The molecule has 0 unspecified atom stereocenters.